The molecule has 2 aromatic carbocycles. The fourth-order valence-corrected chi connectivity index (χ4v) is 3.85. The smallest absolute Gasteiger partial charge is 0.129 e. The van der Waals surface area contributed by atoms with E-state index in [4.69, 9.17) is 0 Å². The van der Waals surface area contributed by atoms with Gasteiger partial charge in [0.15, 0.2) is 0 Å². The monoisotopic (exact) mass is 338 g/mol. The lowest BCUT2D eigenvalue weighted by Crippen LogP contribution is -2.19. The van der Waals surface area contributed by atoms with Crippen LogP contribution in [0.3, 0.4) is 0 Å². The lowest BCUT2D eigenvalue weighted by molar-refractivity contribution is 0.420. The number of hydrogen-bond donors (Lipinski definition) is 0. The summed E-state index contributed by atoms with van der Waals surface area (Å²) in [5.74, 6) is 0.379. The minimum atomic E-state index is 0.170. The van der Waals surface area contributed by atoms with Crippen LogP contribution < -0.4 is 0 Å². The van der Waals surface area contributed by atoms with Crippen molar-refractivity contribution in [1.29, 1.82) is 10.5 Å². The van der Waals surface area contributed by atoms with E-state index in [1.54, 1.807) is 0 Å². The number of benzene rings is 2. The summed E-state index contributed by atoms with van der Waals surface area (Å²) in [6.07, 6.45) is 8.46. The van der Waals surface area contributed by atoms with Crippen molar-refractivity contribution in [2.45, 2.75) is 31.6 Å². The molecule has 2 atom stereocenters. The first kappa shape index (κ1) is 17.7. The standard InChI is InChI=1S/C24H22N2/c25-17-21(18-26)22-13-7-8-14-24(22)23(20-11-5-2-6-12-20)16-15-19-9-3-1-4-10-19/h1-6,9-12,15-16,23-24H,7-8,13-14H2/b16-15+/t23-,24+/m0/s1. The lowest BCUT2D eigenvalue weighted by Gasteiger charge is -2.31. The molecule has 128 valence electrons. The molecule has 2 aromatic rings. The van der Waals surface area contributed by atoms with Gasteiger partial charge in [-0.05, 0) is 41.9 Å². The van der Waals surface area contributed by atoms with Crippen molar-refractivity contribution in [2.24, 2.45) is 5.92 Å². The van der Waals surface area contributed by atoms with E-state index in [9.17, 15) is 10.5 Å². The summed E-state index contributed by atoms with van der Waals surface area (Å²) in [4.78, 5) is 0. The van der Waals surface area contributed by atoms with E-state index in [1.807, 2.05) is 24.3 Å². The van der Waals surface area contributed by atoms with Gasteiger partial charge in [-0.2, -0.15) is 10.5 Å². The van der Waals surface area contributed by atoms with E-state index in [-0.39, 0.29) is 11.8 Å². The Morgan fingerprint density at radius 1 is 0.923 bits per heavy atom. The zero-order chi connectivity index (χ0) is 18.2. The molecule has 26 heavy (non-hydrogen) atoms. The van der Waals surface area contributed by atoms with E-state index in [0.29, 0.717) is 5.57 Å². The highest BCUT2D eigenvalue weighted by molar-refractivity contribution is 5.52. The van der Waals surface area contributed by atoms with Gasteiger partial charge in [0.1, 0.15) is 17.7 Å². The van der Waals surface area contributed by atoms with Crippen LogP contribution >= 0.6 is 0 Å². The highest BCUT2D eigenvalue weighted by Crippen LogP contribution is 2.42. The number of nitrogens with zero attached hydrogens (tertiary/aromatic N) is 2. The van der Waals surface area contributed by atoms with E-state index in [2.05, 4.69) is 60.7 Å². The van der Waals surface area contributed by atoms with Crippen molar-refractivity contribution in [1.82, 2.24) is 0 Å². The summed E-state index contributed by atoms with van der Waals surface area (Å²) in [5, 5.41) is 18.8. The van der Waals surface area contributed by atoms with Gasteiger partial charge in [-0.25, -0.2) is 0 Å². The van der Waals surface area contributed by atoms with Gasteiger partial charge in [-0.15, -0.1) is 0 Å². The van der Waals surface area contributed by atoms with E-state index >= 15 is 0 Å². The molecule has 0 spiro atoms. The molecule has 0 aliphatic heterocycles. The van der Waals surface area contributed by atoms with Gasteiger partial charge < -0.3 is 0 Å². The van der Waals surface area contributed by atoms with Crippen LogP contribution in [-0.4, -0.2) is 0 Å². The minimum Gasteiger partial charge on any atom is -0.192 e. The molecule has 2 nitrogen and oxygen atoms in total. The van der Waals surface area contributed by atoms with Crippen molar-refractivity contribution in [3.8, 4) is 12.1 Å². The summed E-state index contributed by atoms with van der Waals surface area (Å²) in [6, 6.07) is 24.9. The molecular weight excluding hydrogens is 316 g/mol. The quantitative estimate of drug-likeness (QED) is 0.640. The minimum absolute atomic E-state index is 0.170. The Morgan fingerprint density at radius 2 is 1.58 bits per heavy atom. The highest BCUT2D eigenvalue weighted by atomic mass is 14.4. The molecule has 0 heterocycles. The third-order valence-corrected chi connectivity index (χ3v) is 5.12. The number of nitriles is 2. The van der Waals surface area contributed by atoms with Crippen LogP contribution in [0.2, 0.25) is 0 Å². The maximum atomic E-state index is 9.41. The number of hydrogen-bond acceptors (Lipinski definition) is 2. The molecule has 3 rings (SSSR count). The molecule has 0 saturated heterocycles. The summed E-state index contributed by atoms with van der Waals surface area (Å²) in [7, 11) is 0. The molecule has 0 bridgehead atoms. The molecule has 0 radical (unpaired) electrons. The molecule has 2 heteroatoms. The second-order valence-electron chi connectivity index (χ2n) is 6.68. The normalized spacial score (nSPS) is 18.1. The molecule has 1 aliphatic carbocycles. The molecule has 0 N–H and O–H groups in total. The van der Waals surface area contributed by atoms with Crippen LogP contribution in [0.5, 0.6) is 0 Å². The predicted molar refractivity (Wildman–Crippen MR) is 105 cm³/mol. The first-order valence-electron chi connectivity index (χ1n) is 9.15. The van der Waals surface area contributed by atoms with Crippen molar-refractivity contribution in [3.63, 3.8) is 0 Å². The lowest BCUT2D eigenvalue weighted by atomic mass is 9.72. The van der Waals surface area contributed by atoms with Crippen molar-refractivity contribution in [2.75, 3.05) is 0 Å². The number of allylic oxidation sites excluding steroid dienone is 3. The Balaban J connectivity index is 2.02. The van der Waals surface area contributed by atoms with Crippen LogP contribution in [0, 0.1) is 28.6 Å². The van der Waals surface area contributed by atoms with E-state index < -0.39 is 0 Å². The zero-order valence-electron chi connectivity index (χ0n) is 14.8. The van der Waals surface area contributed by atoms with Gasteiger partial charge in [-0.3, -0.25) is 0 Å². The van der Waals surface area contributed by atoms with Crippen LogP contribution in [-0.2, 0) is 0 Å². The molecule has 0 unspecified atom stereocenters. The zero-order valence-corrected chi connectivity index (χ0v) is 14.8. The predicted octanol–water partition coefficient (Wildman–Crippen LogP) is 6.02. The molecule has 0 aromatic heterocycles. The SMILES string of the molecule is N#CC(C#N)=C1CCCC[C@H]1[C@@H](/C=C/c1ccccc1)c1ccccc1. The van der Waals surface area contributed by atoms with Gasteiger partial charge in [-0.1, -0.05) is 79.2 Å². The van der Waals surface area contributed by atoms with Crippen LogP contribution in [0.1, 0.15) is 42.7 Å². The van der Waals surface area contributed by atoms with Gasteiger partial charge in [0.05, 0.1) is 0 Å². The Hall–Kier alpha value is -3.10. The van der Waals surface area contributed by atoms with Gasteiger partial charge >= 0.3 is 0 Å². The first-order chi connectivity index (χ1) is 12.8. The third kappa shape index (κ3) is 4.11. The van der Waals surface area contributed by atoms with E-state index in [0.717, 1.165) is 36.8 Å². The highest BCUT2D eigenvalue weighted by Gasteiger charge is 2.29. The van der Waals surface area contributed by atoms with Crippen LogP contribution in [0.25, 0.3) is 6.08 Å². The second kappa shape index (κ2) is 8.84. The topological polar surface area (TPSA) is 47.6 Å². The molecule has 1 saturated carbocycles. The summed E-state index contributed by atoms with van der Waals surface area (Å²) >= 11 is 0. The summed E-state index contributed by atoms with van der Waals surface area (Å²) in [6.45, 7) is 0. The van der Waals surface area contributed by atoms with Gasteiger partial charge in [0, 0.05) is 5.92 Å². The van der Waals surface area contributed by atoms with Gasteiger partial charge in [0.25, 0.3) is 0 Å². The van der Waals surface area contributed by atoms with Crippen LogP contribution in [0.15, 0.2) is 77.9 Å². The van der Waals surface area contributed by atoms with Crippen LogP contribution in [0.4, 0.5) is 0 Å². The summed E-state index contributed by atoms with van der Waals surface area (Å²) < 4.78 is 0. The average Bonchev–Trinajstić information content (AvgIpc) is 2.72. The Labute approximate surface area is 155 Å². The largest absolute Gasteiger partial charge is 0.192 e. The Morgan fingerprint density at radius 3 is 2.23 bits per heavy atom. The maximum Gasteiger partial charge on any atom is 0.129 e. The Bertz CT molecular complexity index is 848. The fraction of sp³-hybridized carbons (Fsp3) is 0.250. The molecular formula is C24H22N2. The van der Waals surface area contributed by atoms with Crippen molar-refractivity contribution < 1.29 is 0 Å². The fourth-order valence-electron chi connectivity index (χ4n) is 3.85. The molecule has 1 fully saturated rings. The summed E-state index contributed by atoms with van der Waals surface area (Å²) in [5.41, 5.74) is 3.74. The maximum absolute atomic E-state index is 9.41. The molecule has 0 amide bonds. The van der Waals surface area contributed by atoms with Crippen molar-refractivity contribution >= 4 is 6.08 Å². The van der Waals surface area contributed by atoms with Crippen molar-refractivity contribution in [3.05, 3.63) is 89.0 Å². The van der Waals surface area contributed by atoms with E-state index in [1.165, 1.54) is 5.56 Å². The Kier molecular flexibility index (Phi) is 6.02. The first-order valence-corrected chi connectivity index (χ1v) is 9.15. The average molecular weight is 338 g/mol. The second-order valence-corrected chi connectivity index (χ2v) is 6.68. The number of rotatable bonds is 4. The molecule has 1 aliphatic rings. The van der Waals surface area contributed by atoms with Gasteiger partial charge in [0.2, 0.25) is 0 Å². The third-order valence-electron chi connectivity index (χ3n) is 5.12.